The van der Waals surface area contributed by atoms with Gasteiger partial charge in [-0.2, -0.15) is 0 Å². The maximum atomic E-state index is 12.6. The number of para-hydroxylation sites is 1. The summed E-state index contributed by atoms with van der Waals surface area (Å²) < 4.78 is 15.4. The van der Waals surface area contributed by atoms with Crippen LogP contribution in [0.25, 0.3) is 0 Å². The SMILES string of the molecule is COC(=O)c1cc(COC(=O)c2ccccc2NC(=O)Cc2ccccc2)oc1C. The van der Waals surface area contributed by atoms with Crippen molar-refractivity contribution in [3.8, 4) is 0 Å². The number of anilines is 1. The van der Waals surface area contributed by atoms with Gasteiger partial charge in [-0.3, -0.25) is 4.79 Å². The molecule has 154 valence electrons. The fourth-order valence-electron chi connectivity index (χ4n) is 2.89. The number of hydrogen-bond acceptors (Lipinski definition) is 6. The first kappa shape index (κ1) is 20.9. The van der Waals surface area contributed by atoms with E-state index in [-0.39, 0.29) is 30.1 Å². The van der Waals surface area contributed by atoms with Crippen molar-refractivity contribution in [1.29, 1.82) is 0 Å². The second-order valence-electron chi connectivity index (χ2n) is 6.51. The summed E-state index contributed by atoms with van der Waals surface area (Å²) in [7, 11) is 1.28. The Morgan fingerprint density at radius 1 is 0.933 bits per heavy atom. The van der Waals surface area contributed by atoms with Crippen LogP contribution < -0.4 is 5.32 Å². The molecule has 7 heteroatoms. The van der Waals surface area contributed by atoms with E-state index in [4.69, 9.17) is 9.15 Å². The number of ether oxygens (including phenoxy) is 2. The van der Waals surface area contributed by atoms with E-state index in [1.807, 2.05) is 30.3 Å². The third kappa shape index (κ3) is 5.14. The van der Waals surface area contributed by atoms with Crippen LogP contribution in [0.1, 0.15) is 37.8 Å². The predicted octanol–water partition coefficient (Wildman–Crippen LogP) is 3.91. The summed E-state index contributed by atoms with van der Waals surface area (Å²) in [5.41, 5.74) is 1.71. The zero-order valence-electron chi connectivity index (χ0n) is 16.6. The lowest BCUT2D eigenvalue weighted by molar-refractivity contribution is -0.115. The number of amides is 1. The summed E-state index contributed by atoms with van der Waals surface area (Å²) in [6.07, 6.45) is 0.187. The first-order valence-electron chi connectivity index (χ1n) is 9.25. The average molecular weight is 407 g/mol. The number of furan rings is 1. The Morgan fingerprint density at radius 2 is 1.63 bits per heavy atom. The van der Waals surface area contributed by atoms with Crippen molar-refractivity contribution in [2.24, 2.45) is 0 Å². The molecule has 3 aromatic rings. The highest BCUT2D eigenvalue weighted by Crippen LogP contribution is 2.20. The first-order valence-corrected chi connectivity index (χ1v) is 9.25. The van der Waals surface area contributed by atoms with E-state index in [0.717, 1.165) is 5.56 Å². The minimum atomic E-state index is -0.626. The third-order valence-electron chi connectivity index (χ3n) is 4.35. The van der Waals surface area contributed by atoms with Crippen molar-refractivity contribution in [2.45, 2.75) is 20.0 Å². The van der Waals surface area contributed by atoms with E-state index in [2.05, 4.69) is 10.1 Å². The summed E-state index contributed by atoms with van der Waals surface area (Å²) in [5.74, 6) is -0.710. The van der Waals surface area contributed by atoms with E-state index in [9.17, 15) is 14.4 Å². The first-order chi connectivity index (χ1) is 14.5. The quantitative estimate of drug-likeness (QED) is 0.597. The molecule has 0 spiro atoms. The molecule has 1 heterocycles. The van der Waals surface area contributed by atoms with E-state index in [1.54, 1.807) is 31.2 Å². The molecule has 1 aromatic heterocycles. The van der Waals surface area contributed by atoms with Crippen LogP contribution in [0.5, 0.6) is 0 Å². The molecule has 0 aliphatic rings. The number of methoxy groups -OCH3 is 1. The lowest BCUT2D eigenvalue weighted by Gasteiger charge is -2.10. The van der Waals surface area contributed by atoms with Gasteiger partial charge in [-0.15, -0.1) is 0 Å². The number of esters is 2. The molecule has 0 unspecified atom stereocenters. The Morgan fingerprint density at radius 3 is 2.37 bits per heavy atom. The molecule has 1 N–H and O–H groups in total. The molecule has 3 rings (SSSR count). The summed E-state index contributed by atoms with van der Waals surface area (Å²) >= 11 is 0. The molecule has 0 bridgehead atoms. The summed E-state index contributed by atoms with van der Waals surface area (Å²) in [6, 6.07) is 17.4. The second kappa shape index (κ2) is 9.56. The van der Waals surface area contributed by atoms with Crippen LogP contribution in [0, 0.1) is 6.92 Å². The molecule has 0 radical (unpaired) electrons. The number of hydrogen-bond donors (Lipinski definition) is 1. The minimum Gasteiger partial charge on any atom is -0.465 e. The molecule has 0 aliphatic heterocycles. The van der Waals surface area contributed by atoms with Crippen molar-refractivity contribution in [1.82, 2.24) is 0 Å². The minimum absolute atomic E-state index is 0.164. The normalized spacial score (nSPS) is 10.3. The Hall–Kier alpha value is -3.87. The van der Waals surface area contributed by atoms with Crippen molar-refractivity contribution in [2.75, 3.05) is 12.4 Å². The number of nitrogens with one attached hydrogen (secondary N) is 1. The number of carbonyl (C=O) groups is 3. The largest absolute Gasteiger partial charge is 0.465 e. The standard InChI is InChI=1S/C23H21NO6/c1-15-19(22(26)28-2)13-17(30-15)14-29-23(27)18-10-6-7-11-20(18)24-21(25)12-16-8-4-3-5-9-16/h3-11,13H,12,14H2,1-2H3,(H,24,25). The zero-order chi connectivity index (χ0) is 21.5. The van der Waals surface area contributed by atoms with Crippen molar-refractivity contribution in [3.05, 3.63) is 88.9 Å². The van der Waals surface area contributed by atoms with Crippen LogP contribution in [0.2, 0.25) is 0 Å². The molecule has 7 nitrogen and oxygen atoms in total. The Balaban J connectivity index is 1.65. The van der Waals surface area contributed by atoms with Crippen molar-refractivity contribution >= 4 is 23.5 Å². The maximum Gasteiger partial charge on any atom is 0.341 e. The van der Waals surface area contributed by atoms with Crippen molar-refractivity contribution < 1.29 is 28.3 Å². The van der Waals surface area contributed by atoms with Gasteiger partial charge in [0.15, 0.2) is 0 Å². The van der Waals surface area contributed by atoms with Crippen LogP contribution in [0.3, 0.4) is 0 Å². The molecule has 1 amide bonds. The molecule has 0 saturated heterocycles. The molecular formula is C23H21NO6. The van der Waals surface area contributed by atoms with Crippen molar-refractivity contribution in [3.63, 3.8) is 0 Å². The number of carbonyl (C=O) groups excluding carboxylic acids is 3. The van der Waals surface area contributed by atoms with Gasteiger partial charge in [0.1, 0.15) is 23.7 Å². The van der Waals surface area contributed by atoms with Gasteiger partial charge in [0.2, 0.25) is 5.91 Å². The molecule has 30 heavy (non-hydrogen) atoms. The molecule has 0 fully saturated rings. The van der Waals surface area contributed by atoms with Crippen LogP contribution in [-0.2, 0) is 27.3 Å². The monoisotopic (exact) mass is 407 g/mol. The fourth-order valence-corrected chi connectivity index (χ4v) is 2.89. The van der Waals surface area contributed by atoms with Crippen LogP contribution in [0.15, 0.2) is 65.1 Å². The number of benzene rings is 2. The van der Waals surface area contributed by atoms with E-state index >= 15 is 0 Å². The Labute approximate surface area is 173 Å². The van der Waals surface area contributed by atoms with Gasteiger partial charge in [0.05, 0.1) is 24.8 Å². The molecule has 0 atom stereocenters. The maximum absolute atomic E-state index is 12.6. The lowest BCUT2D eigenvalue weighted by atomic mass is 10.1. The Kier molecular flexibility index (Phi) is 6.64. The third-order valence-corrected chi connectivity index (χ3v) is 4.35. The summed E-state index contributed by atoms with van der Waals surface area (Å²) in [6.45, 7) is 1.46. The van der Waals surface area contributed by atoms with Crippen LogP contribution in [-0.4, -0.2) is 25.0 Å². The molecule has 2 aromatic carbocycles. The van der Waals surface area contributed by atoms with E-state index < -0.39 is 11.9 Å². The van der Waals surface area contributed by atoms with Gasteiger partial charge in [-0.05, 0) is 30.7 Å². The molecule has 0 aliphatic carbocycles. The summed E-state index contributed by atoms with van der Waals surface area (Å²) in [4.78, 5) is 36.6. The fraction of sp³-hybridized carbons (Fsp3) is 0.174. The highest BCUT2D eigenvalue weighted by molar-refractivity contribution is 6.01. The summed E-state index contributed by atoms with van der Waals surface area (Å²) in [5, 5.41) is 2.75. The number of rotatable bonds is 7. The Bertz CT molecular complexity index is 1050. The highest BCUT2D eigenvalue weighted by atomic mass is 16.5. The zero-order valence-corrected chi connectivity index (χ0v) is 16.6. The van der Waals surface area contributed by atoms with Gasteiger partial charge in [0.25, 0.3) is 0 Å². The lowest BCUT2D eigenvalue weighted by Crippen LogP contribution is -2.17. The molecule has 0 saturated carbocycles. The number of aryl methyl sites for hydroxylation is 1. The van der Waals surface area contributed by atoms with Gasteiger partial charge in [-0.1, -0.05) is 42.5 Å². The topological polar surface area (TPSA) is 94.8 Å². The van der Waals surface area contributed by atoms with Gasteiger partial charge in [-0.25, -0.2) is 9.59 Å². The van der Waals surface area contributed by atoms with E-state index in [1.165, 1.54) is 13.2 Å². The van der Waals surface area contributed by atoms with Gasteiger partial charge in [0, 0.05) is 0 Å². The predicted molar refractivity (Wildman–Crippen MR) is 109 cm³/mol. The van der Waals surface area contributed by atoms with E-state index in [0.29, 0.717) is 17.2 Å². The highest BCUT2D eigenvalue weighted by Gasteiger charge is 2.18. The van der Waals surface area contributed by atoms with Crippen LogP contribution in [0.4, 0.5) is 5.69 Å². The smallest absolute Gasteiger partial charge is 0.341 e. The average Bonchev–Trinajstić information content (AvgIpc) is 3.13. The van der Waals surface area contributed by atoms with Gasteiger partial charge < -0.3 is 19.2 Å². The second-order valence-corrected chi connectivity index (χ2v) is 6.51. The van der Waals surface area contributed by atoms with Gasteiger partial charge >= 0.3 is 11.9 Å². The van der Waals surface area contributed by atoms with Crippen LogP contribution >= 0.6 is 0 Å². The molecular weight excluding hydrogens is 386 g/mol.